The third-order valence-electron chi connectivity index (χ3n) is 3.84. The Bertz CT molecular complexity index is 1040. The molecule has 0 unspecified atom stereocenters. The summed E-state index contributed by atoms with van der Waals surface area (Å²) in [4.78, 5) is 29.9. The van der Waals surface area contributed by atoms with Gasteiger partial charge in [-0.05, 0) is 36.4 Å². The van der Waals surface area contributed by atoms with Gasteiger partial charge >= 0.3 is 11.1 Å². The average molecular weight is 315 g/mol. The van der Waals surface area contributed by atoms with Gasteiger partial charge in [-0.3, -0.25) is 18.7 Å². The maximum Gasteiger partial charge on any atom is 0.323 e. The van der Waals surface area contributed by atoms with Gasteiger partial charge in [0, 0.05) is 11.9 Å². The van der Waals surface area contributed by atoms with Gasteiger partial charge in [-0.15, -0.1) is 0 Å². The molecule has 2 aromatic heterocycles. The number of pyridine rings is 1. The van der Waals surface area contributed by atoms with E-state index < -0.39 is 11.1 Å². The Morgan fingerprint density at radius 2 is 1.17 bits per heavy atom. The van der Waals surface area contributed by atoms with Crippen LogP contribution < -0.4 is 11.1 Å². The second kappa shape index (κ2) is 5.62. The topological polar surface area (TPSA) is 56.9 Å². The second-order valence-electron chi connectivity index (χ2n) is 5.30. The molecule has 4 rings (SSSR count). The van der Waals surface area contributed by atoms with E-state index in [1.54, 1.807) is 42.6 Å². The zero-order valence-electron chi connectivity index (χ0n) is 12.7. The maximum absolute atomic E-state index is 12.8. The smallest absolute Gasteiger partial charge is 0.269 e. The van der Waals surface area contributed by atoms with Crippen LogP contribution in [0.5, 0.6) is 0 Å². The lowest BCUT2D eigenvalue weighted by molar-refractivity contribution is 0.903. The van der Waals surface area contributed by atoms with Crippen LogP contribution in [0.1, 0.15) is 0 Å². The van der Waals surface area contributed by atoms with E-state index in [2.05, 4.69) is 4.98 Å². The molecule has 5 heteroatoms. The lowest BCUT2D eigenvalue weighted by Crippen LogP contribution is -2.40. The number of para-hydroxylation sites is 2. The summed E-state index contributed by atoms with van der Waals surface area (Å²) in [6.07, 6.45) is 1.61. The van der Waals surface area contributed by atoms with Crippen molar-refractivity contribution in [3.63, 3.8) is 0 Å². The molecular weight excluding hydrogens is 302 g/mol. The molecule has 4 aromatic rings. The van der Waals surface area contributed by atoms with Crippen LogP contribution in [0.15, 0.2) is 88.6 Å². The van der Waals surface area contributed by atoms with Gasteiger partial charge in [0.05, 0.1) is 11.2 Å². The Labute approximate surface area is 137 Å². The molecular formula is C19H13N3O2. The van der Waals surface area contributed by atoms with Crippen molar-refractivity contribution in [3.05, 3.63) is 99.7 Å². The first-order valence-electron chi connectivity index (χ1n) is 7.51. The number of hydrogen-bond donors (Lipinski definition) is 0. The lowest BCUT2D eigenvalue weighted by Gasteiger charge is -2.14. The number of rotatable bonds is 2. The summed E-state index contributed by atoms with van der Waals surface area (Å²) in [6.45, 7) is 0. The second-order valence-corrected chi connectivity index (χ2v) is 5.30. The number of nitrogens with zero attached hydrogens (tertiary/aromatic N) is 3. The molecule has 0 aliphatic carbocycles. The molecule has 0 bridgehead atoms. The highest BCUT2D eigenvalue weighted by atomic mass is 16.2. The normalized spacial score (nSPS) is 10.8. The predicted octanol–water partition coefficient (Wildman–Crippen LogP) is 2.54. The minimum absolute atomic E-state index is 0.442. The van der Waals surface area contributed by atoms with Crippen molar-refractivity contribution in [2.75, 3.05) is 0 Å². The molecule has 0 amide bonds. The van der Waals surface area contributed by atoms with Gasteiger partial charge in [0.25, 0.3) is 0 Å². The summed E-state index contributed by atoms with van der Waals surface area (Å²) in [5.41, 5.74) is 1.04. The van der Waals surface area contributed by atoms with Gasteiger partial charge in [0.2, 0.25) is 0 Å². The van der Waals surface area contributed by atoms with Crippen LogP contribution >= 0.6 is 0 Å². The number of aromatic nitrogens is 3. The van der Waals surface area contributed by atoms with Crippen LogP contribution in [0.4, 0.5) is 0 Å². The molecule has 0 radical (unpaired) electrons. The SMILES string of the molecule is O=c1c(=O)n(-c2ccccc2)c2ncccc2n1-c1ccccc1. The highest BCUT2D eigenvalue weighted by molar-refractivity contribution is 5.74. The molecule has 2 aromatic carbocycles. The summed E-state index contributed by atoms with van der Waals surface area (Å²) in [5.74, 6) is 0. The largest absolute Gasteiger partial charge is 0.323 e. The van der Waals surface area contributed by atoms with E-state index in [4.69, 9.17) is 0 Å². The first kappa shape index (κ1) is 14.1. The maximum atomic E-state index is 12.8. The summed E-state index contributed by atoms with van der Waals surface area (Å²) >= 11 is 0. The number of hydrogen-bond acceptors (Lipinski definition) is 3. The highest BCUT2D eigenvalue weighted by Gasteiger charge is 2.15. The van der Waals surface area contributed by atoms with Gasteiger partial charge in [-0.25, -0.2) is 4.98 Å². The Balaban J connectivity index is 2.19. The molecule has 0 saturated carbocycles. The molecule has 0 saturated heterocycles. The van der Waals surface area contributed by atoms with Crippen LogP contribution in [0.25, 0.3) is 22.5 Å². The van der Waals surface area contributed by atoms with E-state index in [0.717, 1.165) is 0 Å². The fourth-order valence-electron chi connectivity index (χ4n) is 2.78. The molecule has 116 valence electrons. The Morgan fingerprint density at radius 3 is 1.79 bits per heavy atom. The predicted molar refractivity (Wildman–Crippen MR) is 92.9 cm³/mol. The molecule has 0 spiro atoms. The summed E-state index contributed by atoms with van der Waals surface area (Å²) in [6, 6.07) is 21.7. The zero-order valence-corrected chi connectivity index (χ0v) is 12.7. The van der Waals surface area contributed by atoms with Gasteiger partial charge in [0.1, 0.15) is 0 Å². The van der Waals surface area contributed by atoms with Crippen molar-refractivity contribution in [1.82, 2.24) is 14.1 Å². The van der Waals surface area contributed by atoms with Crippen LogP contribution in [0.3, 0.4) is 0 Å². The van der Waals surface area contributed by atoms with E-state index in [9.17, 15) is 9.59 Å². The van der Waals surface area contributed by atoms with E-state index in [0.29, 0.717) is 22.5 Å². The van der Waals surface area contributed by atoms with Crippen molar-refractivity contribution in [1.29, 1.82) is 0 Å². The standard InChI is InChI=1S/C19H13N3O2/c23-18-19(24)22(15-10-5-2-6-11-15)17-16(12-7-13-20-17)21(18)14-8-3-1-4-9-14/h1-13H. The minimum atomic E-state index is -0.628. The van der Waals surface area contributed by atoms with E-state index in [-0.39, 0.29) is 0 Å². The van der Waals surface area contributed by atoms with Crippen molar-refractivity contribution in [2.24, 2.45) is 0 Å². The van der Waals surface area contributed by atoms with Gasteiger partial charge in [-0.2, -0.15) is 0 Å². The molecule has 0 fully saturated rings. The number of fused-ring (bicyclic) bond motifs is 1. The van der Waals surface area contributed by atoms with Gasteiger partial charge < -0.3 is 0 Å². The van der Waals surface area contributed by atoms with Crippen molar-refractivity contribution < 1.29 is 0 Å². The van der Waals surface area contributed by atoms with Crippen LogP contribution in [-0.4, -0.2) is 14.1 Å². The first-order chi connectivity index (χ1) is 11.8. The average Bonchev–Trinajstić information content (AvgIpc) is 2.64. The Hall–Kier alpha value is -3.47. The van der Waals surface area contributed by atoms with Crippen molar-refractivity contribution >= 4 is 11.2 Å². The van der Waals surface area contributed by atoms with Crippen molar-refractivity contribution in [2.45, 2.75) is 0 Å². The fourth-order valence-corrected chi connectivity index (χ4v) is 2.78. The Morgan fingerprint density at radius 1 is 0.625 bits per heavy atom. The lowest BCUT2D eigenvalue weighted by atomic mass is 10.2. The molecule has 5 nitrogen and oxygen atoms in total. The summed E-state index contributed by atoms with van der Waals surface area (Å²) in [5, 5.41) is 0. The quantitative estimate of drug-likeness (QED) is 0.534. The van der Waals surface area contributed by atoms with Crippen LogP contribution in [0.2, 0.25) is 0 Å². The molecule has 2 heterocycles. The summed E-state index contributed by atoms with van der Waals surface area (Å²) < 4.78 is 2.77. The van der Waals surface area contributed by atoms with Gasteiger partial charge in [0.15, 0.2) is 5.65 Å². The van der Waals surface area contributed by atoms with Crippen LogP contribution in [0, 0.1) is 0 Å². The van der Waals surface area contributed by atoms with E-state index in [1.807, 2.05) is 36.4 Å². The van der Waals surface area contributed by atoms with Crippen molar-refractivity contribution in [3.8, 4) is 11.4 Å². The Kier molecular flexibility index (Phi) is 3.31. The monoisotopic (exact) mass is 315 g/mol. The van der Waals surface area contributed by atoms with E-state index in [1.165, 1.54) is 9.13 Å². The zero-order chi connectivity index (χ0) is 16.5. The molecule has 24 heavy (non-hydrogen) atoms. The van der Waals surface area contributed by atoms with E-state index >= 15 is 0 Å². The minimum Gasteiger partial charge on any atom is -0.269 e. The third-order valence-corrected chi connectivity index (χ3v) is 3.84. The molecule has 0 N–H and O–H groups in total. The fraction of sp³-hybridized carbons (Fsp3) is 0. The van der Waals surface area contributed by atoms with Crippen LogP contribution in [-0.2, 0) is 0 Å². The highest BCUT2D eigenvalue weighted by Crippen LogP contribution is 2.16. The third kappa shape index (κ3) is 2.14. The summed E-state index contributed by atoms with van der Waals surface area (Å²) in [7, 11) is 0. The first-order valence-corrected chi connectivity index (χ1v) is 7.51. The van der Waals surface area contributed by atoms with Gasteiger partial charge in [-0.1, -0.05) is 36.4 Å². The molecule has 0 aliphatic rings. The molecule has 0 aliphatic heterocycles. The number of benzene rings is 2. The molecule has 0 atom stereocenters.